The van der Waals surface area contributed by atoms with Gasteiger partial charge in [0.1, 0.15) is 0 Å². The van der Waals surface area contributed by atoms with Gasteiger partial charge >= 0.3 is 0 Å². The molecular formula is C22H42O2. The summed E-state index contributed by atoms with van der Waals surface area (Å²) in [6, 6.07) is 0. The number of ether oxygens (including phenoxy) is 2. The Labute approximate surface area is 151 Å². The summed E-state index contributed by atoms with van der Waals surface area (Å²) in [5, 5.41) is 0. The van der Waals surface area contributed by atoms with E-state index in [4.69, 9.17) is 9.47 Å². The lowest BCUT2D eigenvalue weighted by molar-refractivity contribution is -0.0232. The fourth-order valence-electron chi connectivity index (χ4n) is 2.70. The van der Waals surface area contributed by atoms with Gasteiger partial charge in [-0.15, -0.1) is 13.2 Å². The summed E-state index contributed by atoms with van der Waals surface area (Å²) in [6.07, 6.45) is 20.1. The third-order valence-corrected chi connectivity index (χ3v) is 4.29. The summed E-state index contributed by atoms with van der Waals surface area (Å²) >= 11 is 0. The van der Waals surface area contributed by atoms with E-state index in [1.165, 1.54) is 64.2 Å². The molecule has 0 aliphatic rings. The zero-order valence-electron chi connectivity index (χ0n) is 16.3. The van der Waals surface area contributed by atoms with Gasteiger partial charge in [0, 0.05) is 13.2 Å². The first kappa shape index (κ1) is 23.4. The average molecular weight is 339 g/mol. The quantitative estimate of drug-likeness (QED) is 0.178. The molecule has 0 heterocycles. The van der Waals surface area contributed by atoms with Gasteiger partial charge in [0.2, 0.25) is 0 Å². The van der Waals surface area contributed by atoms with Crippen LogP contribution in [0.4, 0.5) is 0 Å². The van der Waals surface area contributed by atoms with Crippen LogP contribution < -0.4 is 0 Å². The first-order valence-corrected chi connectivity index (χ1v) is 10.3. The molecule has 0 spiro atoms. The molecule has 0 saturated heterocycles. The van der Waals surface area contributed by atoms with Crippen LogP contribution in [-0.2, 0) is 9.47 Å². The van der Waals surface area contributed by atoms with Crippen LogP contribution in [0.5, 0.6) is 0 Å². The Bertz CT molecular complexity index is 263. The van der Waals surface area contributed by atoms with Crippen molar-refractivity contribution < 1.29 is 9.47 Å². The highest BCUT2D eigenvalue weighted by Gasteiger charge is 2.08. The lowest BCUT2D eigenvalue weighted by Gasteiger charge is -2.18. The largest absolute Gasteiger partial charge is 0.379 e. The maximum absolute atomic E-state index is 6.05. The van der Waals surface area contributed by atoms with E-state index in [9.17, 15) is 0 Å². The van der Waals surface area contributed by atoms with Crippen LogP contribution in [0.15, 0.2) is 25.3 Å². The molecule has 0 amide bonds. The van der Waals surface area contributed by atoms with Crippen LogP contribution in [0.3, 0.4) is 0 Å². The minimum absolute atomic E-state index is 0.291. The minimum atomic E-state index is 0.291. The number of allylic oxidation sites excluding steroid dienone is 2. The summed E-state index contributed by atoms with van der Waals surface area (Å²) < 4.78 is 11.9. The number of hydrogen-bond donors (Lipinski definition) is 0. The molecule has 1 atom stereocenters. The van der Waals surface area contributed by atoms with Gasteiger partial charge in [-0.3, -0.25) is 0 Å². The third-order valence-electron chi connectivity index (χ3n) is 4.29. The maximum Gasteiger partial charge on any atom is 0.0808 e. The molecule has 0 fully saturated rings. The van der Waals surface area contributed by atoms with E-state index in [1.54, 1.807) is 0 Å². The second-order valence-electron chi connectivity index (χ2n) is 6.69. The molecule has 0 radical (unpaired) electrons. The molecule has 0 aliphatic carbocycles. The normalized spacial score (nSPS) is 12.2. The molecule has 24 heavy (non-hydrogen) atoms. The minimum Gasteiger partial charge on any atom is -0.379 e. The second kappa shape index (κ2) is 20.4. The van der Waals surface area contributed by atoms with Gasteiger partial charge in [0.25, 0.3) is 0 Å². The molecule has 0 bridgehead atoms. The molecule has 0 rings (SSSR count). The van der Waals surface area contributed by atoms with Gasteiger partial charge < -0.3 is 9.47 Å². The van der Waals surface area contributed by atoms with Gasteiger partial charge in [0.15, 0.2) is 0 Å². The average Bonchev–Trinajstić information content (AvgIpc) is 2.60. The van der Waals surface area contributed by atoms with Crippen molar-refractivity contribution in [3.8, 4) is 0 Å². The summed E-state index contributed by atoms with van der Waals surface area (Å²) in [6.45, 7) is 12.3. The Hall–Kier alpha value is -0.600. The van der Waals surface area contributed by atoms with E-state index in [2.05, 4.69) is 20.1 Å². The Morgan fingerprint density at radius 3 is 1.92 bits per heavy atom. The lowest BCUT2D eigenvalue weighted by atomic mass is 10.1. The van der Waals surface area contributed by atoms with Gasteiger partial charge in [-0.1, -0.05) is 57.6 Å². The van der Waals surface area contributed by atoms with E-state index >= 15 is 0 Å². The van der Waals surface area contributed by atoms with Crippen molar-refractivity contribution in [2.75, 3.05) is 19.8 Å². The zero-order valence-corrected chi connectivity index (χ0v) is 16.3. The summed E-state index contributed by atoms with van der Waals surface area (Å²) in [5.74, 6) is 0. The first-order valence-electron chi connectivity index (χ1n) is 10.3. The van der Waals surface area contributed by atoms with E-state index < -0.39 is 0 Å². The number of rotatable bonds is 20. The van der Waals surface area contributed by atoms with Crippen molar-refractivity contribution in [3.05, 3.63) is 25.3 Å². The summed E-state index contributed by atoms with van der Waals surface area (Å²) in [5.41, 5.74) is 0. The van der Waals surface area contributed by atoms with Crippen LogP contribution in [-0.4, -0.2) is 25.9 Å². The Kier molecular flexibility index (Phi) is 19.9. The topological polar surface area (TPSA) is 18.5 Å². The van der Waals surface area contributed by atoms with Crippen LogP contribution in [0.25, 0.3) is 0 Å². The van der Waals surface area contributed by atoms with Gasteiger partial charge in [-0.2, -0.15) is 0 Å². The Morgan fingerprint density at radius 1 is 0.750 bits per heavy atom. The summed E-state index contributed by atoms with van der Waals surface area (Å²) in [7, 11) is 0. The smallest absolute Gasteiger partial charge is 0.0808 e. The molecule has 142 valence electrons. The highest BCUT2D eigenvalue weighted by molar-refractivity contribution is 4.66. The van der Waals surface area contributed by atoms with Crippen molar-refractivity contribution in [1.82, 2.24) is 0 Å². The molecule has 2 nitrogen and oxygen atoms in total. The van der Waals surface area contributed by atoms with E-state index in [0.29, 0.717) is 6.10 Å². The Morgan fingerprint density at radius 2 is 1.33 bits per heavy atom. The van der Waals surface area contributed by atoms with Crippen molar-refractivity contribution >= 4 is 0 Å². The standard InChI is InChI=1S/C22H42O2/c1-4-7-10-12-14-16-19-23-21-22(18-9-6-3)24-20-17-15-13-11-8-5-2/h4-5,22H,1-2,6-21H2,3H3. The number of hydrogen-bond acceptors (Lipinski definition) is 2. The van der Waals surface area contributed by atoms with Gasteiger partial charge in [-0.25, -0.2) is 0 Å². The van der Waals surface area contributed by atoms with Crippen LogP contribution in [0, 0.1) is 0 Å². The van der Waals surface area contributed by atoms with E-state index in [-0.39, 0.29) is 0 Å². The fraction of sp³-hybridized carbons (Fsp3) is 0.818. The predicted molar refractivity (Wildman–Crippen MR) is 107 cm³/mol. The van der Waals surface area contributed by atoms with Crippen molar-refractivity contribution in [3.63, 3.8) is 0 Å². The maximum atomic E-state index is 6.05. The van der Waals surface area contributed by atoms with Crippen molar-refractivity contribution in [2.45, 2.75) is 96.5 Å². The molecule has 2 heteroatoms. The zero-order chi connectivity index (χ0) is 17.7. The van der Waals surface area contributed by atoms with Crippen LogP contribution in [0.1, 0.15) is 90.4 Å². The molecule has 0 aromatic carbocycles. The predicted octanol–water partition coefficient (Wildman–Crippen LogP) is 6.85. The van der Waals surface area contributed by atoms with E-state index in [0.717, 1.165) is 39.1 Å². The summed E-state index contributed by atoms with van der Waals surface area (Å²) in [4.78, 5) is 0. The highest BCUT2D eigenvalue weighted by atomic mass is 16.5. The molecule has 0 aliphatic heterocycles. The second-order valence-corrected chi connectivity index (χ2v) is 6.69. The van der Waals surface area contributed by atoms with Gasteiger partial charge in [-0.05, 0) is 44.9 Å². The van der Waals surface area contributed by atoms with Gasteiger partial charge in [0.05, 0.1) is 12.7 Å². The van der Waals surface area contributed by atoms with Crippen molar-refractivity contribution in [2.24, 2.45) is 0 Å². The lowest BCUT2D eigenvalue weighted by Crippen LogP contribution is -2.21. The molecule has 0 N–H and O–H groups in total. The fourth-order valence-corrected chi connectivity index (χ4v) is 2.70. The monoisotopic (exact) mass is 338 g/mol. The SMILES string of the molecule is C=CCCCCCCOCC(CCCC)OCCCCCCC=C. The molecule has 0 aromatic rings. The molecule has 0 saturated carbocycles. The van der Waals surface area contributed by atoms with Crippen LogP contribution >= 0.6 is 0 Å². The first-order chi connectivity index (χ1) is 11.8. The number of unbranched alkanes of at least 4 members (excludes halogenated alkanes) is 9. The molecule has 0 aromatic heterocycles. The molecule has 1 unspecified atom stereocenters. The third kappa shape index (κ3) is 17.7. The van der Waals surface area contributed by atoms with Crippen LogP contribution in [0.2, 0.25) is 0 Å². The van der Waals surface area contributed by atoms with E-state index in [1.807, 2.05) is 12.2 Å². The Balaban J connectivity index is 3.58. The van der Waals surface area contributed by atoms with Crippen molar-refractivity contribution in [1.29, 1.82) is 0 Å². The highest BCUT2D eigenvalue weighted by Crippen LogP contribution is 2.10. The molecular weight excluding hydrogens is 296 g/mol.